The number of rotatable bonds is 6. The van der Waals surface area contributed by atoms with E-state index < -0.39 is 16.7 Å². The third kappa shape index (κ3) is 4.20. The molecule has 2 rings (SSSR count). The Hall–Kier alpha value is -2.14. The Morgan fingerprint density at radius 1 is 1.05 bits per heavy atom. The number of nitrogens with two attached hydrogens (primary N) is 1. The highest BCUT2D eigenvalue weighted by molar-refractivity contribution is 7.84. The minimum absolute atomic E-state index is 0.139. The van der Waals surface area contributed by atoms with Gasteiger partial charge in [-0.1, -0.05) is 36.4 Å². The number of benzene rings is 2. The Kier molecular flexibility index (Phi) is 4.90. The molecule has 0 saturated carbocycles. The van der Waals surface area contributed by atoms with E-state index in [1.165, 1.54) is 0 Å². The number of ether oxygens (including phenoxy) is 1. The van der Waals surface area contributed by atoms with E-state index in [1.807, 2.05) is 54.6 Å². The van der Waals surface area contributed by atoms with Crippen LogP contribution in [0.4, 0.5) is 0 Å². The van der Waals surface area contributed by atoms with Gasteiger partial charge in [-0.05, 0) is 18.2 Å². The summed E-state index contributed by atoms with van der Waals surface area (Å²) in [6, 6.07) is 16.7. The molecule has 4 nitrogen and oxygen atoms in total. The van der Waals surface area contributed by atoms with Crippen LogP contribution in [0.1, 0.15) is 5.56 Å². The van der Waals surface area contributed by atoms with Crippen molar-refractivity contribution in [2.75, 3.05) is 5.75 Å². The molecule has 0 spiro atoms. The zero-order chi connectivity index (χ0) is 14.4. The molecule has 2 aromatic carbocycles. The van der Waals surface area contributed by atoms with Gasteiger partial charge in [-0.2, -0.15) is 0 Å². The molecule has 0 radical (unpaired) electrons. The molecule has 0 heterocycles. The molecular weight excluding hydrogens is 274 g/mol. The second-order valence-corrected chi connectivity index (χ2v) is 5.67. The van der Waals surface area contributed by atoms with Crippen LogP contribution in [0, 0.1) is 0 Å². The first kappa shape index (κ1) is 14.3. The number of para-hydroxylation sites is 2. The average molecular weight is 289 g/mol. The van der Waals surface area contributed by atoms with Gasteiger partial charge < -0.3 is 10.5 Å². The van der Waals surface area contributed by atoms with Gasteiger partial charge in [0.15, 0.2) is 0 Å². The molecule has 1 atom stereocenters. The van der Waals surface area contributed by atoms with Crippen molar-refractivity contribution in [3.63, 3.8) is 0 Å². The molecule has 2 N–H and O–H groups in total. The van der Waals surface area contributed by atoms with Crippen LogP contribution in [0.5, 0.6) is 11.5 Å². The highest BCUT2D eigenvalue weighted by Gasteiger charge is 2.10. The normalized spacial score (nSPS) is 11.8. The maximum Gasteiger partial charge on any atom is 0.230 e. The predicted octanol–water partition coefficient (Wildman–Crippen LogP) is 2.21. The molecule has 2 aromatic rings. The number of primary amides is 1. The van der Waals surface area contributed by atoms with Gasteiger partial charge in [-0.15, -0.1) is 0 Å². The van der Waals surface area contributed by atoms with Crippen LogP contribution in [0.15, 0.2) is 54.6 Å². The van der Waals surface area contributed by atoms with E-state index in [1.54, 1.807) is 0 Å². The molecule has 0 aliphatic rings. The Morgan fingerprint density at radius 2 is 1.70 bits per heavy atom. The average Bonchev–Trinajstić information content (AvgIpc) is 2.41. The van der Waals surface area contributed by atoms with Crippen molar-refractivity contribution in [1.82, 2.24) is 0 Å². The van der Waals surface area contributed by atoms with E-state index in [0.717, 1.165) is 5.56 Å². The van der Waals surface area contributed by atoms with Gasteiger partial charge in [-0.25, -0.2) is 0 Å². The summed E-state index contributed by atoms with van der Waals surface area (Å²) in [5.41, 5.74) is 5.83. The minimum atomic E-state index is -1.32. The van der Waals surface area contributed by atoms with Gasteiger partial charge in [0.2, 0.25) is 5.91 Å². The lowest BCUT2D eigenvalue weighted by Gasteiger charge is -2.10. The van der Waals surface area contributed by atoms with E-state index in [4.69, 9.17) is 10.5 Å². The number of amides is 1. The molecule has 20 heavy (non-hydrogen) atoms. The van der Waals surface area contributed by atoms with Crippen LogP contribution in [-0.4, -0.2) is 15.9 Å². The second-order valence-electron chi connectivity index (χ2n) is 4.22. The number of hydrogen-bond donors (Lipinski definition) is 1. The molecule has 0 aliphatic heterocycles. The van der Waals surface area contributed by atoms with E-state index in [-0.39, 0.29) is 11.5 Å². The topological polar surface area (TPSA) is 69.4 Å². The first-order valence-electron chi connectivity index (χ1n) is 6.09. The van der Waals surface area contributed by atoms with Gasteiger partial charge >= 0.3 is 0 Å². The standard InChI is InChI=1S/C15H15NO3S/c16-15(17)11-20(18)10-12-6-4-5-9-14(12)19-13-7-2-1-3-8-13/h1-9H,10-11H2,(H2,16,17)/t20-/m0/s1. The van der Waals surface area contributed by atoms with Gasteiger partial charge in [0.25, 0.3) is 0 Å². The SMILES string of the molecule is NC(=O)C[S@@](=O)Cc1ccccc1Oc1ccccc1. The van der Waals surface area contributed by atoms with Gasteiger partial charge in [-0.3, -0.25) is 9.00 Å². The molecule has 1 amide bonds. The van der Waals surface area contributed by atoms with Crippen LogP contribution in [0.25, 0.3) is 0 Å². The fraction of sp³-hybridized carbons (Fsp3) is 0.133. The van der Waals surface area contributed by atoms with Crippen LogP contribution in [0.2, 0.25) is 0 Å². The minimum Gasteiger partial charge on any atom is -0.457 e. The second kappa shape index (κ2) is 6.86. The summed E-state index contributed by atoms with van der Waals surface area (Å²) in [7, 11) is -1.32. The van der Waals surface area contributed by atoms with Gasteiger partial charge in [0, 0.05) is 16.4 Å². The molecule has 5 heteroatoms. The van der Waals surface area contributed by atoms with Crippen molar-refractivity contribution >= 4 is 16.7 Å². The molecule has 104 valence electrons. The smallest absolute Gasteiger partial charge is 0.230 e. The van der Waals surface area contributed by atoms with E-state index in [9.17, 15) is 9.00 Å². The lowest BCUT2D eigenvalue weighted by atomic mass is 10.2. The van der Waals surface area contributed by atoms with Crippen LogP contribution < -0.4 is 10.5 Å². The number of hydrogen-bond acceptors (Lipinski definition) is 3. The van der Waals surface area contributed by atoms with Crippen molar-refractivity contribution in [2.24, 2.45) is 5.73 Å². The van der Waals surface area contributed by atoms with E-state index >= 15 is 0 Å². The Bertz CT molecular complexity index is 614. The molecule has 0 aromatic heterocycles. The summed E-state index contributed by atoms with van der Waals surface area (Å²) >= 11 is 0. The third-order valence-corrected chi connectivity index (χ3v) is 3.80. The summed E-state index contributed by atoms with van der Waals surface area (Å²) in [5, 5.41) is 0. The zero-order valence-electron chi connectivity index (χ0n) is 10.8. The lowest BCUT2D eigenvalue weighted by molar-refractivity contribution is -0.115. The summed E-state index contributed by atoms with van der Waals surface area (Å²) in [5.74, 6) is 0.882. The number of carbonyl (C=O) groups is 1. The Morgan fingerprint density at radius 3 is 2.40 bits per heavy atom. The summed E-state index contributed by atoms with van der Waals surface area (Å²) in [6.07, 6.45) is 0. The third-order valence-electron chi connectivity index (χ3n) is 2.56. The molecule has 0 saturated heterocycles. The van der Waals surface area contributed by atoms with Gasteiger partial charge in [0.05, 0.1) is 5.75 Å². The first-order chi connectivity index (χ1) is 9.65. The highest BCUT2D eigenvalue weighted by Crippen LogP contribution is 2.25. The highest BCUT2D eigenvalue weighted by atomic mass is 32.2. The van der Waals surface area contributed by atoms with Crippen LogP contribution in [-0.2, 0) is 21.3 Å². The predicted molar refractivity (Wildman–Crippen MR) is 78.9 cm³/mol. The van der Waals surface area contributed by atoms with Crippen molar-refractivity contribution in [2.45, 2.75) is 5.75 Å². The zero-order valence-corrected chi connectivity index (χ0v) is 11.6. The van der Waals surface area contributed by atoms with E-state index in [0.29, 0.717) is 11.5 Å². The first-order valence-corrected chi connectivity index (χ1v) is 7.58. The quantitative estimate of drug-likeness (QED) is 0.886. The Labute approximate surface area is 120 Å². The lowest BCUT2D eigenvalue weighted by Crippen LogP contribution is -2.20. The number of carbonyl (C=O) groups excluding carboxylic acids is 1. The van der Waals surface area contributed by atoms with Crippen molar-refractivity contribution in [3.05, 3.63) is 60.2 Å². The Balaban J connectivity index is 2.14. The fourth-order valence-electron chi connectivity index (χ4n) is 1.72. The van der Waals surface area contributed by atoms with Gasteiger partial charge in [0.1, 0.15) is 17.3 Å². The van der Waals surface area contributed by atoms with Crippen molar-refractivity contribution in [3.8, 4) is 11.5 Å². The summed E-state index contributed by atoms with van der Waals surface area (Å²) in [4.78, 5) is 10.8. The largest absolute Gasteiger partial charge is 0.457 e. The van der Waals surface area contributed by atoms with Crippen LogP contribution >= 0.6 is 0 Å². The molecule has 0 fully saturated rings. The van der Waals surface area contributed by atoms with Crippen LogP contribution in [0.3, 0.4) is 0 Å². The molecular formula is C15H15NO3S. The van der Waals surface area contributed by atoms with Crippen molar-refractivity contribution < 1.29 is 13.7 Å². The monoisotopic (exact) mass is 289 g/mol. The maximum absolute atomic E-state index is 11.8. The fourth-order valence-corrected chi connectivity index (χ4v) is 2.73. The molecule has 0 bridgehead atoms. The molecule has 0 unspecified atom stereocenters. The molecule has 0 aliphatic carbocycles. The van der Waals surface area contributed by atoms with Crippen molar-refractivity contribution in [1.29, 1.82) is 0 Å². The van der Waals surface area contributed by atoms with E-state index in [2.05, 4.69) is 0 Å². The summed E-state index contributed by atoms with van der Waals surface area (Å²) < 4.78 is 17.5. The maximum atomic E-state index is 11.8. The summed E-state index contributed by atoms with van der Waals surface area (Å²) in [6.45, 7) is 0.